The highest BCUT2D eigenvalue weighted by molar-refractivity contribution is 5.34. The second-order valence-corrected chi connectivity index (χ2v) is 3.99. The number of rotatable bonds is 3. The lowest BCUT2D eigenvalue weighted by molar-refractivity contribution is 0.194. The highest BCUT2D eigenvalue weighted by Gasteiger charge is 2.10. The molecule has 2 rings (SSSR count). The number of benzene rings is 1. The summed E-state index contributed by atoms with van der Waals surface area (Å²) in [5.74, 6) is 1.17. The molecule has 0 fully saturated rings. The average molecular weight is 229 g/mol. The summed E-state index contributed by atoms with van der Waals surface area (Å²) in [6.07, 6.45) is 1.05. The first-order valence-corrected chi connectivity index (χ1v) is 5.54. The number of hydrogen-bond acceptors (Lipinski definition) is 3. The maximum Gasteiger partial charge on any atom is 0.225 e. The van der Waals surface area contributed by atoms with Crippen molar-refractivity contribution < 1.29 is 9.84 Å². The Morgan fingerprint density at radius 3 is 2.53 bits per heavy atom. The van der Waals surface area contributed by atoms with Crippen LogP contribution in [0.15, 0.2) is 42.6 Å². The van der Waals surface area contributed by atoms with Crippen LogP contribution in [0.1, 0.15) is 24.2 Å². The first kappa shape index (κ1) is 11.6. The molecule has 17 heavy (non-hydrogen) atoms. The van der Waals surface area contributed by atoms with Crippen molar-refractivity contribution in [1.82, 2.24) is 4.98 Å². The van der Waals surface area contributed by atoms with E-state index in [0.29, 0.717) is 11.4 Å². The fourth-order valence-electron chi connectivity index (χ4n) is 1.52. The molecule has 2 aromatic rings. The van der Waals surface area contributed by atoms with Gasteiger partial charge in [-0.2, -0.15) is 0 Å². The molecule has 0 spiro atoms. The van der Waals surface area contributed by atoms with Crippen molar-refractivity contribution in [2.24, 2.45) is 0 Å². The van der Waals surface area contributed by atoms with Gasteiger partial charge in [-0.3, -0.25) is 0 Å². The average Bonchev–Trinajstić information content (AvgIpc) is 2.32. The Morgan fingerprint density at radius 2 is 1.88 bits per heavy atom. The monoisotopic (exact) mass is 229 g/mol. The van der Waals surface area contributed by atoms with E-state index in [0.717, 1.165) is 5.75 Å². The fourth-order valence-corrected chi connectivity index (χ4v) is 1.52. The molecule has 0 saturated heterocycles. The first-order valence-electron chi connectivity index (χ1n) is 5.54. The van der Waals surface area contributed by atoms with E-state index in [9.17, 15) is 5.11 Å². The zero-order valence-electron chi connectivity index (χ0n) is 9.92. The van der Waals surface area contributed by atoms with Crippen LogP contribution in [0.2, 0.25) is 0 Å². The number of pyridine rings is 1. The summed E-state index contributed by atoms with van der Waals surface area (Å²) in [5.41, 5.74) is 1.86. The third-order valence-electron chi connectivity index (χ3n) is 2.49. The minimum Gasteiger partial charge on any atom is -0.439 e. The van der Waals surface area contributed by atoms with E-state index in [1.54, 1.807) is 25.3 Å². The Balaban J connectivity index is 2.26. The third kappa shape index (κ3) is 2.82. The molecule has 1 aromatic heterocycles. The number of nitrogens with zero attached hydrogens (tertiary/aromatic N) is 1. The lowest BCUT2D eigenvalue weighted by Crippen LogP contribution is -1.97. The van der Waals surface area contributed by atoms with Crippen LogP contribution in [0.25, 0.3) is 0 Å². The standard InChI is InChI=1S/C14H15NO2/c1-10-5-7-12(8-6-10)17-14-13(11(2)16)4-3-9-15-14/h3-9,11,16H,1-2H3. The lowest BCUT2D eigenvalue weighted by atomic mass is 10.2. The summed E-state index contributed by atoms with van der Waals surface area (Å²) in [5, 5.41) is 9.61. The van der Waals surface area contributed by atoms with Crippen LogP contribution in [-0.2, 0) is 0 Å². The quantitative estimate of drug-likeness (QED) is 0.878. The molecule has 0 aliphatic rings. The largest absolute Gasteiger partial charge is 0.439 e. The summed E-state index contributed by atoms with van der Waals surface area (Å²) >= 11 is 0. The minimum absolute atomic E-state index is 0.450. The molecule has 88 valence electrons. The topological polar surface area (TPSA) is 42.4 Å². The number of aliphatic hydroxyl groups is 1. The second kappa shape index (κ2) is 4.97. The van der Waals surface area contributed by atoms with E-state index in [2.05, 4.69) is 4.98 Å². The normalized spacial score (nSPS) is 12.2. The SMILES string of the molecule is Cc1ccc(Oc2ncccc2C(C)O)cc1. The maximum atomic E-state index is 9.61. The zero-order chi connectivity index (χ0) is 12.3. The predicted molar refractivity (Wildman–Crippen MR) is 66.1 cm³/mol. The van der Waals surface area contributed by atoms with Crippen molar-refractivity contribution in [1.29, 1.82) is 0 Å². The second-order valence-electron chi connectivity index (χ2n) is 3.99. The first-order chi connectivity index (χ1) is 8.16. The van der Waals surface area contributed by atoms with Crippen LogP contribution in [0.5, 0.6) is 11.6 Å². The van der Waals surface area contributed by atoms with Crippen LogP contribution in [0.4, 0.5) is 0 Å². The minimum atomic E-state index is -0.593. The zero-order valence-corrected chi connectivity index (χ0v) is 9.92. The Hall–Kier alpha value is -1.87. The fraction of sp³-hybridized carbons (Fsp3) is 0.214. The molecule has 0 saturated carbocycles. The molecule has 1 N–H and O–H groups in total. The lowest BCUT2D eigenvalue weighted by Gasteiger charge is -2.11. The highest BCUT2D eigenvalue weighted by Crippen LogP contribution is 2.27. The van der Waals surface area contributed by atoms with Gasteiger partial charge in [-0.25, -0.2) is 4.98 Å². The molecule has 1 atom stereocenters. The van der Waals surface area contributed by atoms with E-state index in [4.69, 9.17) is 4.74 Å². The van der Waals surface area contributed by atoms with Crippen LogP contribution < -0.4 is 4.74 Å². The molecule has 0 aliphatic carbocycles. The summed E-state index contributed by atoms with van der Waals surface area (Å²) in [4.78, 5) is 4.14. The van der Waals surface area contributed by atoms with E-state index in [1.165, 1.54) is 5.56 Å². The molecule has 3 heteroatoms. The van der Waals surface area contributed by atoms with Crippen molar-refractivity contribution in [3.8, 4) is 11.6 Å². The molecule has 0 radical (unpaired) electrons. The van der Waals surface area contributed by atoms with Crippen LogP contribution in [0.3, 0.4) is 0 Å². The van der Waals surface area contributed by atoms with Gasteiger partial charge in [0, 0.05) is 11.8 Å². The van der Waals surface area contributed by atoms with Gasteiger partial charge < -0.3 is 9.84 Å². The van der Waals surface area contributed by atoms with Gasteiger partial charge in [0.1, 0.15) is 5.75 Å². The Morgan fingerprint density at radius 1 is 1.18 bits per heavy atom. The van der Waals surface area contributed by atoms with Gasteiger partial charge in [-0.1, -0.05) is 17.7 Å². The number of aliphatic hydroxyl groups excluding tert-OH is 1. The van der Waals surface area contributed by atoms with Crippen molar-refractivity contribution in [3.63, 3.8) is 0 Å². The number of aryl methyl sites for hydroxylation is 1. The molecule has 0 aliphatic heterocycles. The van der Waals surface area contributed by atoms with Crippen LogP contribution >= 0.6 is 0 Å². The Bertz CT molecular complexity index is 492. The summed E-state index contributed by atoms with van der Waals surface area (Å²) in [6, 6.07) is 11.3. The molecule has 1 heterocycles. The third-order valence-corrected chi connectivity index (χ3v) is 2.49. The smallest absolute Gasteiger partial charge is 0.225 e. The van der Waals surface area contributed by atoms with Gasteiger partial charge in [0.05, 0.1) is 6.10 Å². The molecular formula is C14H15NO2. The van der Waals surface area contributed by atoms with Crippen LogP contribution in [-0.4, -0.2) is 10.1 Å². The van der Waals surface area contributed by atoms with E-state index < -0.39 is 6.10 Å². The molecule has 1 aromatic carbocycles. The van der Waals surface area contributed by atoms with Crippen molar-refractivity contribution in [2.75, 3.05) is 0 Å². The number of hydrogen-bond donors (Lipinski definition) is 1. The Labute approximate surface area is 101 Å². The van der Waals surface area contributed by atoms with E-state index >= 15 is 0 Å². The van der Waals surface area contributed by atoms with Gasteiger partial charge in [-0.05, 0) is 38.1 Å². The molecule has 3 nitrogen and oxygen atoms in total. The predicted octanol–water partition coefficient (Wildman–Crippen LogP) is 3.24. The van der Waals surface area contributed by atoms with Crippen molar-refractivity contribution in [2.45, 2.75) is 20.0 Å². The number of aromatic nitrogens is 1. The maximum absolute atomic E-state index is 9.61. The molecule has 0 amide bonds. The highest BCUT2D eigenvalue weighted by atomic mass is 16.5. The van der Waals surface area contributed by atoms with E-state index in [1.807, 2.05) is 31.2 Å². The van der Waals surface area contributed by atoms with Gasteiger partial charge >= 0.3 is 0 Å². The van der Waals surface area contributed by atoms with Crippen molar-refractivity contribution >= 4 is 0 Å². The Kier molecular flexibility index (Phi) is 3.40. The van der Waals surface area contributed by atoms with Gasteiger partial charge in [0.15, 0.2) is 0 Å². The summed E-state index contributed by atoms with van der Waals surface area (Å²) in [6.45, 7) is 3.71. The molecule has 1 unspecified atom stereocenters. The summed E-state index contributed by atoms with van der Waals surface area (Å²) in [7, 11) is 0. The van der Waals surface area contributed by atoms with Gasteiger partial charge in [0.2, 0.25) is 5.88 Å². The number of ether oxygens (including phenoxy) is 1. The summed E-state index contributed by atoms with van der Waals surface area (Å²) < 4.78 is 5.65. The van der Waals surface area contributed by atoms with Gasteiger partial charge in [-0.15, -0.1) is 0 Å². The van der Waals surface area contributed by atoms with Crippen LogP contribution in [0, 0.1) is 6.92 Å². The molecule has 0 bridgehead atoms. The van der Waals surface area contributed by atoms with Crippen molar-refractivity contribution in [3.05, 3.63) is 53.7 Å². The van der Waals surface area contributed by atoms with E-state index in [-0.39, 0.29) is 0 Å². The molecular weight excluding hydrogens is 214 g/mol. The van der Waals surface area contributed by atoms with Gasteiger partial charge in [0.25, 0.3) is 0 Å².